The third kappa shape index (κ3) is 5.89. The summed E-state index contributed by atoms with van der Waals surface area (Å²) in [7, 11) is -1.41. The molecule has 19 heavy (non-hydrogen) atoms. The summed E-state index contributed by atoms with van der Waals surface area (Å²) in [4.78, 5) is 0. The van der Waals surface area contributed by atoms with Crippen LogP contribution in [0.3, 0.4) is 0 Å². The van der Waals surface area contributed by atoms with Crippen LogP contribution in [0, 0.1) is 0 Å². The molecule has 108 valence electrons. The van der Waals surface area contributed by atoms with Crippen molar-refractivity contribution in [2.45, 2.75) is 51.9 Å². The lowest BCUT2D eigenvalue weighted by Gasteiger charge is -2.28. The van der Waals surface area contributed by atoms with Gasteiger partial charge in [0.2, 0.25) is 0 Å². The van der Waals surface area contributed by atoms with Crippen LogP contribution in [0.25, 0.3) is 0 Å². The van der Waals surface area contributed by atoms with Gasteiger partial charge < -0.3 is 9.74 Å². The van der Waals surface area contributed by atoms with E-state index in [0.717, 1.165) is 19.7 Å². The van der Waals surface area contributed by atoms with Gasteiger partial charge in [-0.05, 0) is 43.6 Å². The van der Waals surface area contributed by atoms with Crippen LogP contribution >= 0.6 is 0 Å². The fraction of sp³-hybridized carbons (Fsp3) is 0.625. The molecule has 0 atom stereocenters. The molecule has 1 N–H and O–H groups in total. The maximum Gasteiger partial charge on any atom is 0.192 e. The molecule has 2 nitrogen and oxygen atoms in total. The van der Waals surface area contributed by atoms with Crippen LogP contribution in [-0.2, 0) is 11.0 Å². The van der Waals surface area contributed by atoms with Gasteiger partial charge in [-0.15, -0.1) is 0 Å². The van der Waals surface area contributed by atoms with E-state index in [0.29, 0.717) is 0 Å². The first-order valence-electron chi connectivity index (χ1n) is 7.65. The second-order valence-corrected chi connectivity index (χ2v) is 9.66. The number of nitrogens with one attached hydrogen (secondary N) is 1. The molecule has 0 aliphatic heterocycles. The van der Waals surface area contributed by atoms with Crippen molar-refractivity contribution in [1.82, 2.24) is 5.32 Å². The molecule has 0 fully saturated rings. The molecule has 0 spiro atoms. The van der Waals surface area contributed by atoms with E-state index in [2.05, 4.69) is 56.4 Å². The van der Waals surface area contributed by atoms with E-state index < -0.39 is 8.32 Å². The fourth-order valence-electron chi connectivity index (χ4n) is 2.55. The van der Waals surface area contributed by atoms with Crippen LogP contribution < -0.4 is 5.32 Å². The van der Waals surface area contributed by atoms with Crippen LogP contribution in [-0.4, -0.2) is 21.5 Å². The SMILES string of the molecule is CCO[Si](CC)(CC)CCCNCc1ccccc1. The van der Waals surface area contributed by atoms with E-state index in [1.807, 2.05) is 0 Å². The maximum absolute atomic E-state index is 6.10. The van der Waals surface area contributed by atoms with E-state index in [4.69, 9.17) is 4.43 Å². The normalized spacial score (nSPS) is 11.7. The van der Waals surface area contributed by atoms with E-state index in [-0.39, 0.29) is 0 Å². The lowest BCUT2D eigenvalue weighted by Crippen LogP contribution is -2.37. The molecule has 0 unspecified atom stereocenters. The molecule has 0 aromatic heterocycles. The molecule has 0 bridgehead atoms. The van der Waals surface area contributed by atoms with Crippen molar-refractivity contribution in [3.8, 4) is 0 Å². The molecule has 1 rings (SSSR count). The summed E-state index contributed by atoms with van der Waals surface area (Å²) in [6, 6.07) is 14.4. The summed E-state index contributed by atoms with van der Waals surface area (Å²) in [6.45, 7) is 9.66. The molecular formula is C16H29NOSi. The van der Waals surface area contributed by atoms with Gasteiger partial charge in [-0.3, -0.25) is 0 Å². The molecule has 0 aliphatic carbocycles. The zero-order valence-corrected chi connectivity index (χ0v) is 13.7. The van der Waals surface area contributed by atoms with Crippen molar-refractivity contribution in [1.29, 1.82) is 0 Å². The zero-order chi connectivity index (χ0) is 14.0. The third-order valence-corrected chi connectivity index (χ3v) is 8.64. The monoisotopic (exact) mass is 279 g/mol. The van der Waals surface area contributed by atoms with Crippen molar-refractivity contribution in [3.63, 3.8) is 0 Å². The van der Waals surface area contributed by atoms with Crippen LogP contribution in [0.5, 0.6) is 0 Å². The van der Waals surface area contributed by atoms with Crippen LogP contribution in [0.15, 0.2) is 30.3 Å². The molecular weight excluding hydrogens is 250 g/mol. The minimum atomic E-state index is -1.41. The van der Waals surface area contributed by atoms with E-state index in [1.54, 1.807) is 0 Å². The van der Waals surface area contributed by atoms with Gasteiger partial charge in [-0.2, -0.15) is 0 Å². The zero-order valence-electron chi connectivity index (χ0n) is 12.7. The highest BCUT2D eigenvalue weighted by Gasteiger charge is 2.29. The number of benzene rings is 1. The van der Waals surface area contributed by atoms with Crippen molar-refractivity contribution in [3.05, 3.63) is 35.9 Å². The first-order valence-corrected chi connectivity index (χ1v) is 10.2. The van der Waals surface area contributed by atoms with Crippen molar-refractivity contribution in [2.75, 3.05) is 13.2 Å². The Morgan fingerprint density at radius 1 is 1.05 bits per heavy atom. The highest BCUT2D eigenvalue weighted by Crippen LogP contribution is 2.23. The minimum absolute atomic E-state index is 0.880. The van der Waals surface area contributed by atoms with Gasteiger partial charge in [0.05, 0.1) is 0 Å². The molecule has 0 heterocycles. The summed E-state index contributed by atoms with van der Waals surface area (Å²) in [5.74, 6) is 0. The highest BCUT2D eigenvalue weighted by molar-refractivity contribution is 6.73. The van der Waals surface area contributed by atoms with Crippen molar-refractivity contribution in [2.24, 2.45) is 0 Å². The molecule has 0 saturated carbocycles. The topological polar surface area (TPSA) is 21.3 Å². The van der Waals surface area contributed by atoms with E-state index >= 15 is 0 Å². The van der Waals surface area contributed by atoms with Gasteiger partial charge in [0.25, 0.3) is 0 Å². The Bertz CT molecular complexity index is 325. The average Bonchev–Trinajstić information content (AvgIpc) is 2.47. The average molecular weight is 279 g/mol. The van der Waals surface area contributed by atoms with Gasteiger partial charge in [-0.25, -0.2) is 0 Å². The first kappa shape index (κ1) is 16.4. The predicted molar refractivity (Wildman–Crippen MR) is 85.9 cm³/mol. The summed E-state index contributed by atoms with van der Waals surface area (Å²) in [6.07, 6.45) is 1.24. The number of rotatable bonds is 10. The Hall–Kier alpha value is -0.643. The molecule has 0 saturated heterocycles. The third-order valence-electron chi connectivity index (χ3n) is 3.90. The summed E-state index contributed by atoms with van der Waals surface area (Å²) >= 11 is 0. The first-order chi connectivity index (χ1) is 9.26. The summed E-state index contributed by atoms with van der Waals surface area (Å²) < 4.78 is 6.10. The second-order valence-electron chi connectivity index (χ2n) is 5.09. The summed E-state index contributed by atoms with van der Waals surface area (Å²) in [5.41, 5.74) is 1.36. The van der Waals surface area contributed by atoms with E-state index in [9.17, 15) is 0 Å². The lowest BCUT2D eigenvalue weighted by molar-refractivity contribution is 0.318. The van der Waals surface area contributed by atoms with Crippen LogP contribution in [0.4, 0.5) is 0 Å². The van der Waals surface area contributed by atoms with Gasteiger partial charge in [-0.1, -0.05) is 44.2 Å². The highest BCUT2D eigenvalue weighted by atomic mass is 28.4. The standard InChI is InChI=1S/C16H29NOSi/c1-4-18-19(5-2,6-3)14-10-13-17-15-16-11-8-7-9-12-16/h7-9,11-12,17H,4-6,10,13-15H2,1-3H3. The van der Waals surface area contributed by atoms with E-state index in [1.165, 1.54) is 30.1 Å². The lowest BCUT2D eigenvalue weighted by atomic mass is 10.2. The minimum Gasteiger partial charge on any atom is -0.417 e. The Balaban J connectivity index is 2.22. The quantitative estimate of drug-likeness (QED) is 0.512. The predicted octanol–water partition coefficient (Wildman–Crippen LogP) is 4.19. The second kappa shape index (κ2) is 9.29. The molecule has 0 radical (unpaired) electrons. The maximum atomic E-state index is 6.10. The van der Waals surface area contributed by atoms with Gasteiger partial charge in [0, 0.05) is 13.2 Å². The molecule has 3 heteroatoms. The number of hydrogen-bond acceptors (Lipinski definition) is 2. The van der Waals surface area contributed by atoms with Crippen LogP contribution in [0.2, 0.25) is 18.1 Å². The Morgan fingerprint density at radius 3 is 2.32 bits per heavy atom. The molecule has 1 aromatic rings. The molecule has 0 amide bonds. The summed E-state index contributed by atoms with van der Waals surface area (Å²) in [5, 5.41) is 3.53. The van der Waals surface area contributed by atoms with Crippen LogP contribution in [0.1, 0.15) is 32.8 Å². The van der Waals surface area contributed by atoms with Crippen molar-refractivity contribution >= 4 is 8.32 Å². The fourth-order valence-corrected chi connectivity index (χ4v) is 5.74. The van der Waals surface area contributed by atoms with Gasteiger partial charge in [0.1, 0.15) is 0 Å². The molecule has 1 aromatic carbocycles. The largest absolute Gasteiger partial charge is 0.417 e. The van der Waals surface area contributed by atoms with Gasteiger partial charge >= 0.3 is 0 Å². The Labute approximate surface area is 119 Å². The van der Waals surface area contributed by atoms with Crippen molar-refractivity contribution < 1.29 is 4.43 Å². The smallest absolute Gasteiger partial charge is 0.192 e. The molecule has 0 aliphatic rings. The van der Waals surface area contributed by atoms with Gasteiger partial charge in [0.15, 0.2) is 8.32 Å². The number of hydrogen-bond donors (Lipinski definition) is 1. The Morgan fingerprint density at radius 2 is 1.74 bits per heavy atom. The Kier molecular flexibility index (Phi) is 8.02.